The van der Waals surface area contributed by atoms with Gasteiger partial charge in [0.05, 0.1) is 29.4 Å². The number of amides is 1. The monoisotopic (exact) mass is 345 g/mol. The first-order chi connectivity index (χ1) is 9.63. The standard InChI is InChI=1S/C14H17BrFNO3/c15-12-3-1-2-11(13(12)16)14(19)17-6-4-10(5-7-17)20-9-8-18/h1-3,10,18H,4-9H2. The van der Waals surface area contributed by atoms with Gasteiger partial charge in [-0.3, -0.25) is 4.79 Å². The van der Waals surface area contributed by atoms with Crippen molar-refractivity contribution in [2.24, 2.45) is 0 Å². The Labute approximate surface area is 125 Å². The fourth-order valence-electron chi connectivity index (χ4n) is 2.28. The van der Waals surface area contributed by atoms with Gasteiger partial charge in [0.25, 0.3) is 5.91 Å². The van der Waals surface area contributed by atoms with E-state index in [0.29, 0.717) is 37.0 Å². The van der Waals surface area contributed by atoms with Gasteiger partial charge in [0.2, 0.25) is 0 Å². The average Bonchev–Trinajstić information content (AvgIpc) is 2.48. The number of nitrogens with zero attached hydrogens (tertiary/aromatic N) is 1. The van der Waals surface area contributed by atoms with Crippen LogP contribution in [0.5, 0.6) is 0 Å². The van der Waals surface area contributed by atoms with Crippen molar-refractivity contribution in [3.05, 3.63) is 34.1 Å². The minimum atomic E-state index is -0.517. The number of ether oxygens (including phenoxy) is 1. The molecule has 0 atom stereocenters. The summed E-state index contributed by atoms with van der Waals surface area (Å²) in [6, 6.07) is 4.72. The molecule has 1 amide bonds. The second kappa shape index (κ2) is 7.15. The van der Waals surface area contributed by atoms with E-state index < -0.39 is 5.82 Å². The molecule has 0 bridgehead atoms. The second-order valence-corrected chi connectivity index (χ2v) is 5.54. The zero-order chi connectivity index (χ0) is 14.5. The Morgan fingerprint density at radius 3 is 2.80 bits per heavy atom. The molecule has 0 radical (unpaired) electrons. The second-order valence-electron chi connectivity index (χ2n) is 4.69. The molecular formula is C14H17BrFNO3. The lowest BCUT2D eigenvalue weighted by Gasteiger charge is -2.32. The molecule has 6 heteroatoms. The number of rotatable bonds is 4. The van der Waals surface area contributed by atoms with Crippen LogP contribution in [0.3, 0.4) is 0 Å². The SMILES string of the molecule is O=C(c1cccc(Br)c1F)N1CCC(OCCO)CC1. The van der Waals surface area contributed by atoms with E-state index in [2.05, 4.69) is 15.9 Å². The third-order valence-electron chi connectivity index (χ3n) is 3.36. The summed E-state index contributed by atoms with van der Waals surface area (Å²) in [5, 5.41) is 8.71. The Balaban J connectivity index is 1.96. The molecule has 1 aromatic carbocycles. The fraction of sp³-hybridized carbons (Fsp3) is 0.500. The third-order valence-corrected chi connectivity index (χ3v) is 3.97. The number of benzene rings is 1. The molecule has 2 rings (SSSR count). The number of hydrogen-bond donors (Lipinski definition) is 1. The largest absolute Gasteiger partial charge is 0.394 e. The lowest BCUT2D eigenvalue weighted by molar-refractivity contribution is -0.00561. The molecule has 1 N–H and O–H groups in total. The topological polar surface area (TPSA) is 49.8 Å². The molecule has 1 aliphatic heterocycles. The van der Waals surface area contributed by atoms with Crippen LogP contribution < -0.4 is 0 Å². The minimum Gasteiger partial charge on any atom is -0.394 e. The van der Waals surface area contributed by atoms with Crippen molar-refractivity contribution in [2.75, 3.05) is 26.3 Å². The number of carbonyl (C=O) groups excluding carboxylic acids is 1. The summed E-state index contributed by atoms with van der Waals surface area (Å²) in [5.74, 6) is -0.805. The van der Waals surface area contributed by atoms with Gasteiger partial charge in [0.1, 0.15) is 5.82 Å². The fourth-order valence-corrected chi connectivity index (χ4v) is 2.65. The highest BCUT2D eigenvalue weighted by molar-refractivity contribution is 9.10. The van der Waals surface area contributed by atoms with Crippen molar-refractivity contribution in [2.45, 2.75) is 18.9 Å². The van der Waals surface area contributed by atoms with Crippen LogP contribution in [0, 0.1) is 5.82 Å². The van der Waals surface area contributed by atoms with Crippen molar-refractivity contribution in [1.82, 2.24) is 4.90 Å². The van der Waals surface area contributed by atoms with Crippen LogP contribution in [-0.4, -0.2) is 48.3 Å². The van der Waals surface area contributed by atoms with Crippen molar-refractivity contribution < 1.29 is 19.0 Å². The number of piperidine rings is 1. The highest BCUT2D eigenvalue weighted by Crippen LogP contribution is 2.22. The molecule has 0 saturated carbocycles. The highest BCUT2D eigenvalue weighted by atomic mass is 79.9. The molecule has 1 aromatic rings. The van der Waals surface area contributed by atoms with E-state index in [9.17, 15) is 9.18 Å². The van der Waals surface area contributed by atoms with E-state index in [1.807, 2.05) is 0 Å². The van der Waals surface area contributed by atoms with Gasteiger partial charge in [-0.25, -0.2) is 4.39 Å². The van der Waals surface area contributed by atoms with Crippen molar-refractivity contribution >= 4 is 21.8 Å². The molecular weight excluding hydrogens is 329 g/mol. The van der Waals surface area contributed by atoms with Gasteiger partial charge in [0.15, 0.2) is 0 Å². The summed E-state index contributed by atoms with van der Waals surface area (Å²) in [6.45, 7) is 1.41. The molecule has 4 nitrogen and oxygen atoms in total. The Kier molecular flexibility index (Phi) is 5.51. The third kappa shape index (κ3) is 3.56. The van der Waals surface area contributed by atoms with Crippen LogP contribution in [0.25, 0.3) is 0 Å². The summed E-state index contributed by atoms with van der Waals surface area (Å²) < 4.78 is 19.6. The van der Waals surface area contributed by atoms with Crippen molar-refractivity contribution in [1.29, 1.82) is 0 Å². The Bertz CT molecular complexity index is 475. The van der Waals surface area contributed by atoms with E-state index in [4.69, 9.17) is 9.84 Å². The van der Waals surface area contributed by atoms with Crippen LogP contribution in [0.15, 0.2) is 22.7 Å². The van der Waals surface area contributed by atoms with Crippen LogP contribution in [0.2, 0.25) is 0 Å². The smallest absolute Gasteiger partial charge is 0.256 e. The predicted octanol–water partition coefficient (Wildman–Crippen LogP) is 2.20. The molecule has 1 aliphatic rings. The van der Waals surface area contributed by atoms with Gasteiger partial charge in [-0.1, -0.05) is 6.07 Å². The van der Waals surface area contributed by atoms with Crippen molar-refractivity contribution in [3.8, 4) is 0 Å². The maximum Gasteiger partial charge on any atom is 0.256 e. The van der Waals surface area contributed by atoms with E-state index in [1.54, 1.807) is 17.0 Å². The number of aliphatic hydroxyl groups is 1. The summed E-state index contributed by atoms with van der Waals surface area (Å²) in [5.41, 5.74) is 0.0918. The Hall–Kier alpha value is -0.980. The number of halogens is 2. The lowest BCUT2D eigenvalue weighted by Crippen LogP contribution is -2.41. The van der Waals surface area contributed by atoms with E-state index in [0.717, 1.165) is 0 Å². The van der Waals surface area contributed by atoms with Gasteiger partial charge in [0, 0.05) is 13.1 Å². The average molecular weight is 346 g/mol. The number of aliphatic hydroxyl groups excluding tert-OH is 1. The van der Waals surface area contributed by atoms with Gasteiger partial charge in [-0.2, -0.15) is 0 Å². The molecule has 1 heterocycles. The molecule has 0 aromatic heterocycles. The molecule has 1 fully saturated rings. The molecule has 20 heavy (non-hydrogen) atoms. The van der Waals surface area contributed by atoms with Gasteiger partial charge in [-0.05, 0) is 40.9 Å². The molecule has 1 saturated heterocycles. The molecule has 0 aliphatic carbocycles. The Morgan fingerprint density at radius 1 is 1.45 bits per heavy atom. The zero-order valence-corrected chi connectivity index (χ0v) is 12.6. The summed E-state index contributed by atoms with van der Waals surface area (Å²) >= 11 is 3.09. The molecule has 110 valence electrons. The highest BCUT2D eigenvalue weighted by Gasteiger charge is 2.26. The first kappa shape index (κ1) is 15.4. The normalized spacial score (nSPS) is 16.4. The predicted molar refractivity (Wildman–Crippen MR) is 76.1 cm³/mol. The molecule has 0 unspecified atom stereocenters. The number of likely N-dealkylation sites (tertiary alicyclic amines) is 1. The summed E-state index contributed by atoms with van der Waals surface area (Å²) in [7, 11) is 0. The summed E-state index contributed by atoms with van der Waals surface area (Å²) in [6.07, 6.45) is 1.49. The quantitative estimate of drug-likeness (QED) is 0.910. The van der Waals surface area contributed by atoms with Gasteiger partial charge < -0.3 is 14.7 Å². The first-order valence-corrected chi connectivity index (χ1v) is 7.38. The van der Waals surface area contributed by atoms with Gasteiger partial charge >= 0.3 is 0 Å². The maximum absolute atomic E-state index is 13.9. The van der Waals surface area contributed by atoms with E-state index >= 15 is 0 Å². The Morgan fingerprint density at radius 2 is 2.15 bits per heavy atom. The van der Waals surface area contributed by atoms with E-state index in [1.165, 1.54) is 6.07 Å². The molecule has 0 spiro atoms. The van der Waals surface area contributed by atoms with Crippen molar-refractivity contribution in [3.63, 3.8) is 0 Å². The maximum atomic E-state index is 13.9. The van der Waals surface area contributed by atoms with Crippen LogP contribution in [-0.2, 0) is 4.74 Å². The number of hydrogen-bond acceptors (Lipinski definition) is 3. The van der Waals surface area contributed by atoms with Crippen LogP contribution in [0.1, 0.15) is 23.2 Å². The minimum absolute atomic E-state index is 0.00238. The lowest BCUT2D eigenvalue weighted by atomic mass is 10.1. The van der Waals surface area contributed by atoms with Gasteiger partial charge in [-0.15, -0.1) is 0 Å². The van der Waals surface area contributed by atoms with E-state index in [-0.39, 0.29) is 24.2 Å². The van der Waals surface area contributed by atoms with Crippen LogP contribution in [0.4, 0.5) is 4.39 Å². The van der Waals surface area contributed by atoms with Crippen LogP contribution >= 0.6 is 15.9 Å². The zero-order valence-electron chi connectivity index (χ0n) is 11.0. The first-order valence-electron chi connectivity index (χ1n) is 6.59. The summed E-state index contributed by atoms with van der Waals surface area (Å²) in [4.78, 5) is 13.9. The number of carbonyl (C=O) groups is 1.